The molecule has 0 saturated heterocycles. The van der Waals surface area contributed by atoms with Crippen molar-refractivity contribution in [1.82, 2.24) is 14.5 Å². The molecule has 0 bridgehead atoms. The Morgan fingerprint density at radius 3 is 2.43 bits per heavy atom. The summed E-state index contributed by atoms with van der Waals surface area (Å²) in [5.41, 5.74) is 2.68. The second kappa shape index (κ2) is 11.3. The van der Waals surface area contributed by atoms with Crippen LogP contribution in [0.3, 0.4) is 0 Å². The maximum Gasteiger partial charge on any atom is 0.228 e. The highest BCUT2D eigenvalue weighted by Gasteiger charge is 2.32. The molecule has 1 aromatic carbocycles. The van der Waals surface area contributed by atoms with Gasteiger partial charge in [0.2, 0.25) is 20.9 Å². The summed E-state index contributed by atoms with van der Waals surface area (Å²) in [6.45, 7) is 7.34. The molecular formula is C28H41N3O3S. The van der Waals surface area contributed by atoms with Crippen molar-refractivity contribution in [1.29, 1.82) is 0 Å². The van der Waals surface area contributed by atoms with Crippen molar-refractivity contribution in [2.45, 2.75) is 102 Å². The molecule has 2 aromatic rings. The van der Waals surface area contributed by atoms with E-state index in [1.54, 1.807) is 6.20 Å². The molecular weight excluding hydrogens is 458 g/mol. The topological polar surface area (TPSA) is 72.3 Å². The molecule has 1 amide bonds. The zero-order valence-electron chi connectivity index (χ0n) is 21.6. The number of aryl methyl sites for hydroxylation is 1. The fraction of sp³-hybridized carbons (Fsp3) is 0.643. The van der Waals surface area contributed by atoms with Crippen molar-refractivity contribution in [3.8, 4) is 0 Å². The highest BCUT2D eigenvalue weighted by Crippen LogP contribution is 2.34. The summed E-state index contributed by atoms with van der Waals surface area (Å²) in [6.07, 6.45) is 11.2. The number of benzene rings is 1. The van der Waals surface area contributed by atoms with E-state index in [1.807, 2.05) is 40.7 Å². The maximum absolute atomic E-state index is 13.6. The Kier molecular flexibility index (Phi) is 8.35. The third kappa shape index (κ3) is 6.35. The van der Waals surface area contributed by atoms with Crippen LogP contribution in [0.1, 0.15) is 94.5 Å². The predicted octanol–water partition coefficient (Wildman–Crippen LogP) is 5.85. The van der Waals surface area contributed by atoms with Crippen molar-refractivity contribution in [2.75, 3.05) is 6.54 Å². The first-order chi connectivity index (χ1) is 16.7. The van der Waals surface area contributed by atoms with Gasteiger partial charge in [-0.2, -0.15) is 0 Å². The molecule has 2 fully saturated rings. The molecule has 6 nitrogen and oxygen atoms in total. The molecule has 0 atom stereocenters. The van der Waals surface area contributed by atoms with Crippen molar-refractivity contribution < 1.29 is 13.2 Å². The minimum Gasteiger partial charge on any atom is -0.336 e. The van der Waals surface area contributed by atoms with E-state index in [1.165, 1.54) is 6.42 Å². The first-order valence-electron chi connectivity index (χ1n) is 13.4. The number of rotatable bonds is 9. The number of hydrogen-bond donors (Lipinski definition) is 0. The largest absolute Gasteiger partial charge is 0.336 e. The van der Waals surface area contributed by atoms with E-state index < -0.39 is 9.84 Å². The van der Waals surface area contributed by atoms with Gasteiger partial charge in [-0.3, -0.25) is 4.79 Å². The SMILES string of the molecule is Cc1cccc(CS(=O)(=O)c2ncc(CN(CC(C)C)C(=O)C3CCCC3)n2C2CCCCC2)c1. The van der Waals surface area contributed by atoms with Gasteiger partial charge in [0.05, 0.1) is 24.2 Å². The van der Waals surface area contributed by atoms with E-state index >= 15 is 0 Å². The van der Waals surface area contributed by atoms with Crippen LogP contribution >= 0.6 is 0 Å². The van der Waals surface area contributed by atoms with Gasteiger partial charge in [-0.25, -0.2) is 13.4 Å². The maximum atomic E-state index is 13.6. The van der Waals surface area contributed by atoms with E-state index in [4.69, 9.17) is 0 Å². The molecule has 0 N–H and O–H groups in total. The Hall–Kier alpha value is -2.15. The lowest BCUT2D eigenvalue weighted by Gasteiger charge is -2.30. The number of carbonyl (C=O) groups excluding carboxylic acids is 1. The monoisotopic (exact) mass is 499 g/mol. The Bertz CT molecular complexity index is 1110. The molecule has 2 aliphatic rings. The van der Waals surface area contributed by atoms with E-state index in [-0.39, 0.29) is 28.8 Å². The molecule has 0 radical (unpaired) electrons. The lowest BCUT2D eigenvalue weighted by molar-refractivity contribution is -0.136. The average Bonchev–Trinajstić information content (AvgIpc) is 3.49. The quantitative estimate of drug-likeness (QED) is 0.434. The van der Waals surface area contributed by atoms with Crippen LogP contribution in [0.2, 0.25) is 0 Å². The van der Waals surface area contributed by atoms with Gasteiger partial charge in [-0.15, -0.1) is 0 Å². The molecule has 192 valence electrons. The molecule has 4 rings (SSSR count). The highest BCUT2D eigenvalue weighted by molar-refractivity contribution is 7.90. The first kappa shape index (κ1) is 25.9. The molecule has 0 unspecified atom stereocenters. The van der Waals surface area contributed by atoms with Crippen molar-refractivity contribution in [2.24, 2.45) is 11.8 Å². The number of amides is 1. The number of nitrogens with zero attached hydrogens (tertiary/aromatic N) is 3. The summed E-state index contributed by atoms with van der Waals surface area (Å²) in [6, 6.07) is 7.78. The van der Waals surface area contributed by atoms with Crippen LogP contribution in [0.5, 0.6) is 0 Å². The first-order valence-corrected chi connectivity index (χ1v) is 15.0. The van der Waals surface area contributed by atoms with Gasteiger partial charge >= 0.3 is 0 Å². The van der Waals surface area contributed by atoms with Crippen LogP contribution in [0.4, 0.5) is 0 Å². The average molecular weight is 500 g/mol. The van der Waals surface area contributed by atoms with E-state index in [0.717, 1.165) is 68.2 Å². The van der Waals surface area contributed by atoms with Crippen LogP contribution < -0.4 is 0 Å². The number of aromatic nitrogens is 2. The molecule has 2 saturated carbocycles. The Labute approximate surface area is 211 Å². The Morgan fingerprint density at radius 2 is 1.77 bits per heavy atom. The van der Waals surface area contributed by atoms with Gasteiger partial charge in [0.15, 0.2) is 0 Å². The number of carbonyl (C=O) groups is 1. The van der Waals surface area contributed by atoms with E-state index in [0.29, 0.717) is 19.0 Å². The van der Waals surface area contributed by atoms with Crippen LogP contribution in [0.15, 0.2) is 35.6 Å². The number of sulfone groups is 1. The summed E-state index contributed by atoms with van der Waals surface area (Å²) in [5, 5.41) is 0.165. The number of hydrogen-bond acceptors (Lipinski definition) is 4. The molecule has 2 aliphatic carbocycles. The fourth-order valence-electron chi connectivity index (χ4n) is 5.84. The number of imidazole rings is 1. The zero-order valence-corrected chi connectivity index (χ0v) is 22.4. The van der Waals surface area contributed by atoms with Crippen LogP contribution in [0, 0.1) is 18.8 Å². The minimum absolute atomic E-state index is 0.0609. The molecule has 1 aromatic heterocycles. The van der Waals surface area contributed by atoms with Gasteiger partial charge in [0, 0.05) is 18.5 Å². The Balaban J connectivity index is 1.67. The normalized spacial score (nSPS) is 17.8. The smallest absolute Gasteiger partial charge is 0.228 e. The summed E-state index contributed by atoms with van der Waals surface area (Å²) >= 11 is 0. The van der Waals surface area contributed by atoms with Gasteiger partial charge in [-0.05, 0) is 44.1 Å². The van der Waals surface area contributed by atoms with Crippen molar-refractivity contribution >= 4 is 15.7 Å². The standard InChI is InChI=1S/C28H41N3O3S/c1-21(2)18-30(27(32)24-12-7-8-13-24)19-26-17-29-28(31(26)25-14-5-4-6-15-25)35(33,34)20-23-11-9-10-22(3)16-23/h9-11,16-17,21,24-25H,4-8,12-15,18-20H2,1-3H3. The fourth-order valence-corrected chi connectivity index (χ4v) is 7.37. The van der Waals surface area contributed by atoms with Gasteiger partial charge < -0.3 is 9.47 Å². The summed E-state index contributed by atoms with van der Waals surface area (Å²) in [4.78, 5) is 19.9. The zero-order chi connectivity index (χ0) is 25.0. The summed E-state index contributed by atoms with van der Waals surface area (Å²) < 4.78 is 29.3. The third-order valence-electron chi connectivity index (χ3n) is 7.45. The molecule has 35 heavy (non-hydrogen) atoms. The van der Waals surface area contributed by atoms with Crippen LogP contribution in [0.25, 0.3) is 0 Å². The lowest BCUT2D eigenvalue weighted by Crippen LogP contribution is -2.38. The van der Waals surface area contributed by atoms with Crippen molar-refractivity contribution in [3.05, 3.63) is 47.3 Å². The van der Waals surface area contributed by atoms with E-state index in [9.17, 15) is 13.2 Å². The Morgan fingerprint density at radius 1 is 1.09 bits per heavy atom. The molecule has 7 heteroatoms. The molecule has 1 heterocycles. The van der Waals surface area contributed by atoms with Gasteiger partial charge in [0.25, 0.3) is 0 Å². The lowest BCUT2D eigenvalue weighted by atomic mass is 9.95. The molecule has 0 aliphatic heterocycles. The highest BCUT2D eigenvalue weighted by atomic mass is 32.2. The molecule has 0 spiro atoms. The second-order valence-electron chi connectivity index (χ2n) is 11.0. The van der Waals surface area contributed by atoms with Crippen LogP contribution in [-0.2, 0) is 26.9 Å². The van der Waals surface area contributed by atoms with Gasteiger partial charge in [0.1, 0.15) is 0 Å². The van der Waals surface area contributed by atoms with Crippen LogP contribution in [-0.4, -0.2) is 35.3 Å². The minimum atomic E-state index is -3.64. The van der Waals surface area contributed by atoms with E-state index in [2.05, 4.69) is 18.8 Å². The predicted molar refractivity (Wildman–Crippen MR) is 139 cm³/mol. The van der Waals surface area contributed by atoms with Gasteiger partial charge in [-0.1, -0.05) is 75.8 Å². The summed E-state index contributed by atoms with van der Waals surface area (Å²) in [7, 11) is -3.64. The third-order valence-corrected chi connectivity index (χ3v) is 9.02. The second-order valence-corrected chi connectivity index (χ2v) is 12.9. The van der Waals surface area contributed by atoms with Crippen molar-refractivity contribution in [3.63, 3.8) is 0 Å². The summed E-state index contributed by atoms with van der Waals surface area (Å²) in [5.74, 6) is 0.603.